The highest BCUT2D eigenvalue weighted by Crippen LogP contribution is 2.28. The van der Waals surface area contributed by atoms with Crippen molar-refractivity contribution in [3.63, 3.8) is 0 Å². The fourth-order valence-corrected chi connectivity index (χ4v) is 3.48. The van der Waals surface area contributed by atoms with Gasteiger partial charge in [0.25, 0.3) is 0 Å². The zero-order chi connectivity index (χ0) is 16.5. The molecule has 1 N–H and O–H groups in total. The lowest BCUT2D eigenvalue weighted by Gasteiger charge is -2.23. The fourth-order valence-electron chi connectivity index (χ4n) is 3.48. The summed E-state index contributed by atoms with van der Waals surface area (Å²) in [5.74, 6) is 1.65. The van der Waals surface area contributed by atoms with Crippen LogP contribution < -0.4 is 5.32 Å². The van der Waals surface area contributed by atoms with Crippen molar-refractivity contribution in [3.05, 3.63) is 41.3 Å². The van der Waals surface area contributed by atoms with Crippen molar-refractivity contribution in [3.8, 4) is 11.5 Å². The van der Waals surface area contributed by atoms with E-state index >= 15 is 0 Å². The van der Waals surface area contributed by atoms with Crippen LogP contribution in [0.15, 0.2) is 28.7 Å². The highest BCUT2D eigenvalue weighted by Gasteiger charge is 2.29. The van der Waals surface area contributed by atoms with E-state index in [0.717, 1.165) is 49.1 Å². The molecule has 2 aromatic rings. The predicted octanol–water partition coefficient (Wildman–Crippen LogP) is 2.80. The van der Waals surface area contributed by atoms with Crippen molar-refractivity contribution < 1.29 is 13.9 Å². The monoisotopic (exact) mass is 326 g/mol. The van der Waals surface area contributed by atoms with Gasteiger partial charge in [0.2, 0.25) is 11.8 Å². The Bertz CT molecular complexity index is 747. The number of oxazole rings is 1. The summed E-state index contributed by atoms with van der Waals surface area (Å²) in [4.78, 5) is 16.9. The van der Waals surface area contributed by atoms with Crippen LogP contribution in [0.1, 0.15) is 36.3 Å². The third-order valence-corrected chi connectivity index (χ3v) is 4.77. The molecule has 0 spiro atoms. The molecule has 0 bridgehead atoms. The van der Waals surface area contributed by atoms with E-state index in [0.29, 0.717) is 12.5 Å². The van der Waals surface area contributed by atoms with Gasteiger partial charge in [0.1, 0.15) is 11.9 Å². The molecule has 4 rings (SSSR count). The van der Waals surface area contributed by atoms with Crippen LogP contribution in [0.4, 0.5) is 0 Å². The van der Waals surface area contributed by atoms with Crippen molar-refractivity contribution in [1.29, 1.82) is 0 Å². The van der Waals surface area contributed by atoms with Gasteiger partial charge in [-0.3, -0.25) is 4.79 Å². The van der Waals surface area contributed by atoms with E-state index in [9.17, 15) is 4.79 Å². The third-order valence-electron chi connectivity index (χ3n) is 4.77. The van der Waals surface area contributed by atoms with Gasteiger partial charge < -0.3 is 14.5 Å². The van der Waals surface area contributed by atoms with Gasteiger partial charge in [-0.15, -0.1) is 0 Å². The Hall–Kier alpha value is -2.14. The molecule has 1 aromatic heterocycles. The summed E-state index contributed by atoms with van der Waals surface area (Å²) < 4.78 is 11.4. The van der Waals surface area contributed by atoms with Gasteiger partial charge in [0.15, 0.2) is 0 Å². The first kappa shape index (κ1) is 15.4. The van der Waals surface area contributed by atoms with Gasteiger partial charge in [0, 0.05) is 31.1 Å². The van der Waals surface area contributed by atoms with Crippen LogP contribution in [0.25, 0.3) is 11.5 Å². The van der Waals surface area contributed by atoms with E-state index in [-0.39, 0.29) is 18.1 Å². The number of amides is 1. The quantitative estimate of drug-likeness (QED) is 0.942. The minimum absolute atomic E-state index is 0.0170. The normalized spacial score (nSPS) is 23.0. The van der Waals surface area contributed by atoms with E-state index in [2.05, 4.69) is 29.4 Å². The van der Waals surface area contributed by atoms with Gasteiger partial charge in [0.05, 0.1) is 5.69 Å². The fraction of sp³-hybridized carbons (Fsp3) is 0.474. The predicted molar refractivity (Wildman–Crippen MR) is 89.6 cm³/mol. The molecule has 2 atom stereocenters. The highest BCUT2D eigenvalue weighted by molar-refractivity contribution is 5.81. The van der Waals surface area contributed by atoms with Gasteiger partial charge in [-0.05, 0) is 38.3 Å². The van der Waals surface area contributed by atoms with Crippen LogP contribution in [0, 0.1) is 6.92 Å². The van der Waals surface area contributed by atoms with Crippen LogP contribution in [0.2, 0.25) is 0 Å². The van der Waals surface area contributed by atoms with E-state index in [1.807, 2.05) is 12.1 Å². The number of fused-ring (bicyclic) bond motifs is 1. The minimum Gasteiger partial charge on any atom is -0.441 e. The first-order valence-electron chi connectivity index (χ1n) is 8.66. The number of carbonyl (C=O) groups excluding carboxylic acids is 1. The molecule has 24 heavy (non-hydrogen) atoms. The number of hydrogen-bond donors (Lipinski definition) is 1. The van der Waals surface area contributed by atoms with Crippen LogP contribution in [-0.2, 0) is 22.4 Å². The molecule has 126 valence electrons. The lowest BCUT2D eigenvalue weighted by atomic mass is 9.96. The number of carbonyl (C=O) groups is 1. The standard InChI is InChI=1S/C19H22N2O3/c1-12-4-2-5-13(10-12)19-21-15-11-14(7-8-16(15)24-19)20-18(22)17-6-3-9-23-17/h2,4-5,10,14,17H,3,6-9,11H2,1H3,(H,20,22). The number of ether oxygens (including phenoxy) is 1. The van der Waals surface area contributed by atoms with Crippen molar-refractivity contribution in [2.24, 2.45) is 0 Å². The van der Waals surface area contributed by atoms with Crippen LogP contribution in [0.5, 0.6) is 0 Å². The minimum atomic E-state index is -0.272. The maximum Gasteiger partial charge on any atom is 0.249 e. The van der Waals surface area contributed by atoms with Crippen molar-refractivity contribution in [2.45, 2.75) is 51.2 Å². The summed E-state index contributed by atoms with van der Waals surface area (Å²) in [5, 5.41) is 3.11. The summed E-state index contributed by atoms with van der Waals surface area (Å²) in [7, 11) is 0. The molecule has 0 radical (unpaired) electrons. The molecule has 2 unspecified atom stereocenters. The lowest BCUT2D eigenvalue weighted by Crippen LogP contribution is -2.43. The van der Waals surface area contributed by atoms with Crippen LogP contribution in [0.3, 0.4) is 0 Å². The van der Waals surface area contributed by atoms with Crippen molar-refractivity contribution in [1.82, 2.24) is 10.3 Å². The smallest absolute Gasteiger partial charge is 0.249 e. The molecule has 1 saturated heterocycles. The van der Waals surface area contributed by atoms with Gasteiger partial charge in [-0.1, -0.05) is 17.7 Å². The molecular weight excluding hydrogens is 304 g/mol. The Kier molecular flexibility index (Phi) is 4.10. The molecular formula is C19H22N2O3. The Morgan fingerprint density at radius 2 is 2.25 bits per heavy atom. The second kappa shape index (κ2) is 6.40. The number of nitrogens with one attached hydrogen (secondary N) is 1. The van der Waals surface area contributed by atoms with Crippen LogP contribution in [-0.4, -0.2) is 29.6 Å². The summed E-state index contributed by atoms with van der Waals surface area (Å²) in [6.45, 7) is 2.75. The number of rotatable bonds is 3. The van der Waals surface area contributed by atoms with E-state index < -0.39 is 0 Å². The number of benzene rings is 1. The summed E-state index contributed by atoms with van der Waals surface area (Å²) in [6, 6.07) is 8.28. The average molecular weight is 326 g/mol. The highest BCUT2D eigenvalue weighted by atomic mass is 16.5. The van der Waals surface area contributed by atoms with Crippen LogP contribution >= 0.6 is 0 Å². The second-order valence-electron chi connectivity index (χ2n) is 6.71. The Balaban J connectivity index is 1.46. The zero-order valence-corrected chi connectivity index (χ0v) is 13.9. The second-order valence-corrected chi connectivity index (χ2v) is 6.71. The first-order valence-corrected chi connectivity index (χ1v) is 8.66. The SMILES string of the molecule is Cc1cccc(-c2nc3c(o2)CCC(NC(=O)C2CCCO2)C3)c1. The topological polar surface area (TPSA) is 64.4 Å². The molecule has 0 saturated carbocycles. The summed E-state index contributed by atoms with van der Waals surface area (Å²) in [5.41, 5.74) is 3.16. The number of aryl methyl sites for hydroxylation is 2. The molecule has 1 fully saturated rings. The third kappa shape index (κ3) is 3.08. The van der Waals surface area contributed by atoms with Gasteiger partial charge in [-0.2, -0.15) is 0 Å². The molecule has 2 heterocycles. The molecule has 5 heteroatoms. The lowest BCUT2D eigenvalue weighted by molar-refractivity contribution is -0.130. The molecule has 1 aliphatic carbocycles. The largest absolute Gasteiger partial charge is 0.441 e. The van der Waals surface area contributed by atoms with E-state index in [1.54, 1.807) is 0 Å². The molecule has 1 amide bonds. The number of hydrogen-bond acceptors (Lipinski definition) is 4. The van der Waals surface area contributed by atoms with Gasteiger partial charge in [-0.25, -0.2) is 4.98 Å². The Morgan fingerprint density at radius 1 is 1.33 bits per heavy atom. The van der Waals surface area contributed by atoms with Crippen molar-refractivity contribution >= 4 is 5.91 Å². The maximum absolute atomic E-state index is 12.2. The molecule has 2 aliphatic rings. The zero-order valence-electron chi connectivity index (χ0n) is 13.9. The summed E-state index contributed by atoms with van der Waals surface area (Å²) in [6.07, 6.45) is 3.94. The first-order chi connectivity index (χ1) is 11.7. The van der Waals surface area contributed by atoms with E-state index in [4.69, 9.17) is 9.15 Å². The van der Waals surface area contributed by atoms with Crippen molar-refractivity contribution in [2.75, 3.05) is 6.61 Å². The molecule has 1 aliphatic heterocycles. The molecule has 1 aromatic carbocycles. The Labute approximate surface area is 141 Å². The Morgan fingerprint density at radius 3 is 3.04 bits per heavy atom. The van der Waals surface area contributed by atoms with Gasteiger partial charge >= 0.3 is 0 Å². The summed E-state index contributed by atoms with van der Waals surface area (Å²) >= 11 is 0. The number of aromatic nitrogens is 1. The average Bonchev–Trinajstić information content (AvgIpc) is 3.24. The molecule has 5 nitrogen and oxygen atoms in total. The van der Waals surface area contributed by atoms with E-state index in [1.165, 1.54) is 5.56 Å². The number of nitrogens with zero attached hydrogens (tertiary/aromatic N) is 1. The maximum atomic E-state index is 12.2.